The highest BCUT2D eigenvalue weighted by Crippen LogP contribution is 2.33. The molecule has 0 heterocycles. The van der Waals surface area contributed by atoms with E-state index in [-0.39, 0.29) is 12.5 Å². The van der Waals surface area contributed by atoms with Crippen molar-refractivity contribution in [1.29, 1.82) is 0 Å². The number of ether oxygens (including phenoxy) is 3. The van der Waals surface area contributed by atoms with Crippen molar-refractivity contribution in [2.75, 3.05) is 34.4 Å². The number of nitrogens with zero attached hydrogens (tertiary/aromatic N) is 1. The number of hydrogen-bond donors (Lipinski definition) is 0. The molecule has 0 unspecified atom stereocenters. The van der Waals surface area contributed by atoms with E-state index in [1.807, 2.05) is 44.9 Å². The molecule has 1 rings (SSSR count). The Labute approximate surface area is 147 Å². The molecule has 130 valence electrons. The highest BCUT2D eigenvalue weighted by atomic mass is 79.9. The molecule has 23 heavy (non-hydrogen) atoms. The molecule has 6 heteroatoms. The van der Waals surface area contributed by atoms with E-state index in [4.69, 9.17) is 14.2 Å². The predicted octanol–water partition coefficient (Wildman–Crippen LogP) is 3.28. The topological polar surface area (TPSA) is 48.0 Å². The summed E-state index contributed by atoms with van der Waals surface area (Å²) in [6.45, 7) is 6.60. The van der Waals surface area contributed by atoms with E-state index < -0.39 is 5.60 Å². The van der Waals surface area contributed by atoms with Crippen molar-refractivity contribution in [1.82, 2.24) is 4.90 Å². The average molecular weight is 388 g/mol. The van der Waals surface area contributed by atoms with Gasteiger partial charge in [0.25, 0.3) is 0 Å². The maximum absolute atomic E-state index is 11.8. The second-order valence-electron chi connectivity index (χ2n) is 6.37. The molecular weight excluding hydrogens is 362 g/mol. The summed E-state index contributed by atoms with van der Waals surface area (Å²) in [6.07, 6.45) is 0.778. The molecule has 5 nitrogen and oxygen atoms in total. The van der Waals surface area contributed by atoms with E-state index in [2.05, 4.69) is 15.9 Å². The van der Waals surface area contributed by atoms with Gasteiger partial charge in [-0.2, -0.15) is 0 Å². The van der Waals surface area contributed by atoms with Gasteiger partial charge in [-0.25, -0.2) is 0 Å². The average Bonchev–Trinajstić information content (AvgIpc) is 2.43. The van der Waals surface area contributed by atoms with Crippen molar-refractivity contribution >= 4 is 21.9 Å². The molecular formula is C17H26BrNO4. The van der Waals surface area contributed by atoms with Crippen LogP contribution in [0, 0.1) is 0 Å². The molecule has 0 atom stereocenters. The van der Waals surface area contributed by atoms with Gasteiger partial charge in [-0.05, 0) is 51.9 Å². The summed E-state index contributed by atoms with van der Waals surface area (Å²) in [4.78, 5) is 13.8. The van der Waals surface area contributed by atoms with Crippen LogP contribution in [-0.4, -0.2) is 50.8 Å². The van der Waals surface area contributed by atoms with Crippen LogP contribution in [0.3, 0.4) is 0 Å². The zero-order valence-corrected chi connectivity index (χ0v) is 16.3. The Morgan fingerprint density at radius 3 is 2.26 bits per heavy atom. The van der Waals surface area contributed by atoms with E-state index in [1.54, 1.807) is 14.2 Å². The number of methoxy groups -OCH3 is 2. The minimum atomic E-state index is -0.454. The SMILES string of the molecule is COc1cc(Br)c(CCN(C)CC(=O)OC(C)(C)C)cc1OC. The van der Waals surface area contributed by atoms with Crippen LogP contribution < -0.4 is 9.47 Å². The molecule has 0 N–H and O–H groups in total. The summed E-state index contributed by atoms with van der Waals surface area (Å²) in [5.41, 5.74) is 0.642. The lowest BCUT2D eigenvalue weighted by atomic mass is 10.1. The third-order valence-electron chi connectivity index (χ3n) is 3.13. The molecule has 0 spiro atoms. The molecule has 0 fully saturated rings. The minimum Gasteiger partial charge on any atom is -0.493 e. The monoisotopic (exact) mass is 387 g/mol. The summed E-state index contributed by atoms with van der Waals surface area (Å²) >= 11 is 3.55. The number of halogens is 1. The molecule has 1 aromatic rings. The van der Waals surface area contributed by atoms with Crippen LogP contribution in [0.15, 0.2) is 16.6 Å². The molecule has 0 aliphatic carbocycles. The van der Waals surface area contributed by atoms with Crippen molar-refractivity contribution in [2.45, 2.75) is 32.8 Å². The summed E-state index contributed by atoms with van der Waals surface area (Å²) in [5, 5.41) is 0. The second-order valence-corrected chi connectivity index (χ2v) is 7.23. The Balaban J connectivity index is 2.62. The molecule has 0 saturated carbocycles. The lowest BCUT2D eigenvalue weighted by Crippen LogP contribution is -2.33. The first-order valence-electron chi connectivity index (χ1n) is 7.47. The van der Waals surface area contributed by atoms with Gasteiger partial charge in [0, 0.05) is 11.0 Å². The van der Waals surface area contributed by atoms with Crippen molar-refractivity contribution in [3.8, 4) is 11.5 Å². The van der Waals surface area contributed by atoms with Crippen molar-refractivity contribution in [3.63, 3.8) is 0 Å². The fourth-order valence-corrected chi connectivity index (χ4v) is 2.59. The van der Waals surface area contributed by atoms with Crippen molar-refractivity contribution in [3.05, 3.63) is 22.2 Å². The van der Waals surface area contributed by atoms with Crippen LogP contribution in [-0.2, 0) is 16.0 Å². The predicted molar refractivity (Wildman–Crippen MR) is 94.3 cm³/mol. The van der Waals surface area contributed by atoms with Crippen LogP contribution in [0.4, 0.5) is 0 Å². The molecule has 1 aromatic carbocycles. The lowest BCUT2D eigenvalue weighted by Gasteiger charge is -2.22. The standard InChI is InChI=1S/C17H26BrNO4/c1-17(2,3)23-16(20)11-19(4)8-7-12-9-14(21-5)15(22-6)10-13(12)18/h9-10H,7-8,11H2,1-6H3. The Bertz CT molecular complexity index is 540. The Morgan fingerprint density at radius 1 is 1.17 bits per heavy atom. The number of likely N-dealkylation sites (N-methyl/N-ethyl adjacent to an activating group) is 1. The van der Waals surface area contributed by atoms with Gasteiger partial charge in [0.15, 0.2) is 11.5 Å². The quantitative estimate of drug-likeness (QED) is 0.671. The maximum Gasteiger partial charge on any atom is 0.320 e. The largest absolute Gasteiger partial charge is 0.493 e. The van der Waals surface area contributed by atoms with Crippen LogP contribution in [0.1, 0.15) is 26.3 Å². The van der Waals surface area contributed by atoms with Crippen molar-refractivity contribution in [2.24, 2.45) is 0 Å². The Hall–Kier alpha value is -1.27. The Kier molecular flexibility index (Phi) is 7.35. The van der Waals surface area contributed by atoms with Crippen LogP contribution in [0.2, 0.25) is 0 Å². The molecule has 0 radical (unpaired) electrons. The smallest absolute Gasteiger partial charge is 0.320 e. The van der Waals surface area contributed by atoms with E-state index in [0.717, 1.165) is 23.0 Å². The molecule has 0 aliphatic heterocycles. The number of benzene rings is 1. The summed E-state index contributed by atoms with van der Waals surface area (Å²) in [5.74, 6) is 1.16. The normalized spacial score (nSPS) is 11.5. The highest BCUT2D eigenvalue weighted by Gasteiger charge is 2.18. The van der Waals surface area contributed by atoms with Crippen LogP contribution in [0.5, 0.6) is 11.5 Å². The molecule has 0 saturated heterocycles. The zero-order valence-electron chi connectivity index (χ0n) is 14.7. The van der Waals surface area contributed by atoms with Crippen molar-refractivity contribution < 1.29 is 19.0 Å². The highest BCUT2D eigenvalue weighted by molar-refractivity contribution is 9.10. The van der Waals surface area contributed by atoms with Gasteiger partial charge in [0.1, 0.15) is 5.60 Å². The number of carbonyl (C=O) groups is 1. The second kappa shape index (κ2) is 8.55. The molecule has 0 aliphatic rings. The van der Waals surface area contributed by atoms with E-state index in [1.165, 1.54) is 0 Å². The Morgan fingerprint density at radius 2 is 1.74 bits per heavy atom. The third-order valence-corrected chi connectivity index (χ3v) is 3.87. The first kappa shape index (κ1) is 19.8. The summed E-state index contributed by atoms with van der Waals surface area (Å²) < 4.78 is 16.9. The summed E-state index contributed by atoms with van der Waals surface area (Å²) in [6, 6.07) is 3.84. The fourth-order valence-electron chi connectivity index (χ4n) is 2.07. The fraction of sp³-hybridized carbons (Fsp3) is 0.588. The first-order valence-corrected chi connectivity index (χ1v) is 8.26. The van der Waals surface area contributed by atoms with E-state index in [9.17, 15) is 4.79 Å². The van der Waals surface area contributed by atoms with Crippen LogP contribution in [0.25, 0.3) is 0 Å². The third kappa shape index (κ3) is 6.79. The van der Waals surface area contributed by atoms with Gasteiger partial charge in [-0.3, -0.25) is 9.69 Å². The lowest BCUT2D eigenvalue weighted by molar-refractivity contribution is -0.155. The number of hydrogen-bond acceptors (Lipinski definition) is 5. The van der Waals surface area contributed by atoms with E-state index in [0.29, 0.717) is 11.5 Å². The number of carbonyl (C=O) groups excluding carboxylic acids is 1. The van der Waals surface area contributed by atoms with Gasteiger partial charge in [0.05, 0.1) is 20.8 Å². The van der Waals surface area contributed by atoms with Gasteiger partial charge in [-0.15, -0.1) is 0 Å². The zero-order chi connectivity index (χ0) is 17.6. The molecule has 0 amide bonds. The van der Waals surface area contributed by atoms with Gasteiger partial charge >= 0.3 is 5.97 Å². The van der Waals surface area contributed by atoms with Gasteiger partial charge < -0.3 is 14.2 Å². The van der Waals surface area contributed by atoms with Gasteiger partial charge in [0.2, 0.25) is 0 Å². The van der Waals surface area contributed by atoms with Crippen LogP contribution >= 0.6 is 15.9 Å². The minimum absolute atomic E-state index is 0.216. The first-order chi connectivity index (χ1) is 10.7. The summed E-state index contributed by atoms with van der Waals surface area (Å²) in [7, 11) is 5.13. The van der Waals surface area contributed by atoms with Gasteiger partial charge in [-0.1, -0.05) is 15.9 Å². The number of rotatable bonds is 7. The number of esters is 1. The maximum atomic E-state index is 11.8. The van der Waals surface area contributed by atoms with E-state index >= 15 is 0 Å². The molecule has 0 bridgehead atoms. The molecule has 0 aromatic heterocycles.